The van der Waals surface area contributed by atoms with E-state index in [1.165, 1.54) is 38.4 Å². The summed E-state index contributed by atoms with van der Waals surface area (Å²) in [5.41, 5.74) is 5.16. The van der Waals surface area contributed by atoms with Crippen LogP contribution in [0.2, 0.25) is 0 Å². The molecular formula is C21H18N+. The van der Waals surface area contributed by atoms with E-state index in [-0.39, 0.29) is 0 Å². The number of hydrogen-bond donors (Lipinski definition) is 0. The number of hydrogen-bond acceptors (Lipinski definition) is 0. The van der Waals surface area contributed by atoms with Gasteiger partial charge in [-0.3, -0.25) is 0 Å². The summed E-state index contributed by atoms with van der Waals surface area (Å²) in [6.07, 6.45) is 2.22. The molecule has 1 nitrogen and oxygen atoms in total. The molecule has 0 fully saturated rings. The summed E-state index contributed by atoms with van der Waals surface area (Å²) in [6, 6.07) is 23.8. The Morgan fingerprint density at radius 2 is 1.45 bits per heavy atom. The molecule has 0 saturated heterocycles. The predicted octanol–water partition coefficient (Wildman–Crippen LogP) is 4.79. The second-order valence-electron chi connectivity index (χ2n) is 5.88. The van der Waals surface area contributed by atoms with Crippen LogP contribution >= 0.6 is 0 Å². The van der Waals surface area contributed by atoms with Crippen molar-refractivity contribution in [2.45, 2.75) is 6.92 Å². The van der Waals surface area contributed by atoms with Crippen LogP contribution in [0.5, 0.6) is 0 Å². The third-order valence-corrected chi connectivity index (χ3v) is 4.34. The lowest BCUT2D eigenvalue weighted by Gasteiger charge is -2.09. The first kappa shape index (κ1) is 13.0. The summed E-state index contributed by atoms with van der Waals surface area (Å²) in [7, 11) is 2.13. The van der Waals surface area contributed by atoms with Gasteiger partial charge in [0.05, 0.1) is 5.39 Å². The second kappa shape index (κ2) is 4.96. The van der Waals surface area contributed by atoms with Crippen molar-refractivity contribution >= 4 is 21.7 Å². The topological polar surface area (TPSA) is 3.88 Å². The van der Waals surface area contributed by atoms with E-state index in [9.17, 15) is 0 Å². The summed E-state index contributed by atoms with van der Waals surface area (Å²) >= 11 is 0. The Morgan fingerprint density at radius 3 is 2.27 bits per heavy atom. The summed E-state index contributed by atoms with van der Waals surface area (Å²) in [6.45, 7) is 2.20. The van der Waals surface area contributed by atoms with Crippen LogP contribution in [-0.2, 0) is 7.05 Å². The zero-order valence-electron chi connectivity index (χ0n) is 12.9. The van der Waals surface area contributed by atoms with Gasteiger partial charge in [0.1, 0.15) is 7.05 Å². The molecule has 1 heterocycles. The zero-order valence-corrected chi connectivity index (χ0v) is 12.9. The molecule has 4 aromatic rings. The van der Waals surface area contributed by atoms with Crippen molar-refractivity contribution < 1.29 is 4.57 Å². The molecule has 0 aliphatic heterocycles. The third-order valence-electron chi connectivity index (χ3n) is 4.34. The Hall–Kier alpha value is -2.67. The van der Waals surface area contributed by atoms with Crippen LogP contribution in [0.25, 0.3) is 32.8 Å². The second-order valence-corrected chi connectivity index (χ2v) is 5.88. The number of aromatic nitrogens is 1. The van der Waals surface area contributed by atoms with E-state index in [4.69, 9.17) is 0 Å². The van der Waals surface area contributed by atoms with Crippen LogP contribution in [0.1, 0.15) is 5.56 Å². The van der Waals surface area contributed by atoms with E-state index < -0.39 is 0 Å². The fourth-order valence-corrected chi connectivity index (χ4v) is 3.38. The van der Waals surface area contributed by atoms with Crippen LogP contribution in [0.15, 0.2) is 72.9 Å². The summed E-state index contributed by atoms with van der Waals surface area (Å²) in [5.74, 6) is 0. The lowest BCUT2D eigenvalue weighted by molar-refractivity contribution is -0.643. The molecule has 0 atom stereocenters. The van der Waals surface area contributed by atoms with Crippen LogP contribution < -0.4 is 4.57 Å². The molecule has 0 amide bonds. The molecule has 0 aliphatic rings. The number of aryl methyl sites for hydroxylation is 2. The van der Waals surface area contributed by atoms with Crippen molar-refractivity contribution in [3.63, 3.8) is 0 Å². The molecule has 0 unspecified atom stereocenters. The highest BCUT2D eigenvalue weighted by atomic mass is 14.9. The van der Waals surface area contributed by atoms with Gasteiger partial charge in [-0.25, -0.2) is 4.57 Å². The summed E-state index contributed by atoms with van der Waals surface area (Å²) < 4.78 is 2.24. The van der Waals surface area contributed by atoms with Crippen molar-refractivity contribution in [1.29, 1.82) is 0 Å². The highest BCUT2D eigenvalue weighted by Gasteiger charge is 2.14. The average molecular weight is 284 g/mol. The molecular weight excluding hydrogens is 266 g/mol. The fourth-order valence-electron chi connectivity index (χ4n) is 3.38. The van der Waals surface area contributed by atoms with Crippen molar-refractivity contribution in [2.75, 3.05) is 0 Å². The SMILES string of the molecule is Cc1cc(-c2ccccc2)cc2c3ccccc3c[n+](C)c12. The van der Waals surface area contributed by atoms with Crippen LogP contribution in [0.4, 0.5) is 0 Å². The largest absolute Gasteiger partial charge is 0.215 e. The number of pyridine rings is 1. The fraction of sp³-hybridized carbons (Fsp3) is 0.0952. The Morgan fingerprint density at radius 1 is 0.727 bits per heavy atom. The third kappa shape index (κ3) is 1.98. The Bertz CT molecular complexity index is 985. The molecule has 1 aromatic heterocycles. The van der Waals surface area contributed by atoms with Crippen LogP contribution in [-0.4, -0.2) is 0 Å². The van der Waals surface area contributed by atoms with Gasteiger partial charge in [-0.05, 0) is 36.2 Å². The van der Waals surface area contributed by atoms with E-state index in [1.54, 1.807) is 0 Å². The normalized spacial score (nSPS) is 11.2. The van der Waals surface area contributed by atoms with Gasteiger partial charge in [0.2, 0.25) is 5.52 Å². The molecule has 106 valence electrons. The van der Waals surface area contributed by atoms with Crippen LogP contribution in [0.3, 0.4) is 0 Å². The molecule has 0 bridgehead atoms. The highest BCUT2D eigenvalue weighted by Crippen LogP contribution is 2.30. The molecule has 0 radical (unpaired) electrons. The average Bonchev–Trinajstić information content (AvgIpc) is 2.55. The molecule has 0 saturated carbocycles. The molecule has 22 heavy (non-hydrogen) atoms. The van der Waals surface area contributed by atoms with Gasteiger partial charge < -0.3 is 0 Å². The van der Waals surface area contributed by atoms with E-state index in [0.717, 1.165) is 0 Å². The molecule has 3 aromatic carbocycles. The maximum Gasteiger partial charge on any atom is 0.215 e. The number of nitrogens with zero attached hydrogens (tertiary/aromatic N) is 1. The van der Waals surface area contributed by atoms with E-state index in [2.05, 4.69) is 91.5 Å². The van der Waals surface area contributed by atoms with Crippen LogP contribution in [0, 0.1) is 6.92 Å². The molecule has 0 aliphatic carbocycles. The minimum atomic E-state index is 1.27. The number of rotatable bonds is 1. The number of fused-ring (bicyclic) bond motifs is 3. The summed E-state index contributed by atoms with van der Waals surface area (Å²) in [4.78, 5) is 0. The quantitative estimate of drug-likeness (QED) is 0.349. The maximum absolute atomic E-state index is 2.32. The Balaban J connectivity index is 2.14. The first-order valence-electron chi connectivity index (χ1n) is 7.61. The molecule has 0 N–H and O–H groups in total. The molecule has 4 rings (SSSR count). The monoisotopic (exact) mass is 284 g/mol. The van der Waals surface area contributed by atoms with Gasteiger partial charge in [0.25, 0.3) is 0 Å². The summed E-state index contributed by atoms with van der Waals surface area (Å²) in [5, 5.41) is 3.91. The smallest absolute Gasteiger partial charge is 0.200 e. The van der Waals surface area contributed by atoms with E-state index >= 15 is 0 Å². The van der Waals surface area contributed by atoms with Gasteiger partial charge in [0.15, 0.2) is 6.20 Å². The van der Waals surface area contributed by atoms with E-state index in [0.29, 0.717) is 0 Å². The minimum absolute atomic E-state index is 1.27. The van der Waals surface area contributed by atoms with Crippen molar-refractivity contribution in [2.24, 2.45) is 7.05 Å². The first-order valence-corrected chi connectivity index (χ1v) is 7.61. The van der Waals surface area contributed by atoms with Crippen molar-refractivity contribution in [3.8, 4) is 11.1 Å². The Kier molecular flexibility index (Phi) is 2.93. The highest BCUT2D eigenvalue weighted by molar-refractivity contribution is 6.06. The van der Waals surface area contributed by atoms with Gasteiger partial charge in [-0.2, -0.15) is 0 Å². The standard InChI is InChI=1S/C21H18N/c1-15-12-18(16-8-4-3-5-9-16)13-20-19-11-7-6-10-17(19)14-22(2)21(15)20/h3-14H,1-2H3/q+1. The van der Waals surface area contributed by atoms with Gasteiger partial charge in [-0.1, -0.05) is 48.5 Å². The first-order chi connectivity index (χ1) is 10.7. The molecule has 1 heteroatoms. The minimum Gasteiger partial charge on any atom is -0.200 e. The lowest BCUT2D eigenvalue weighted by Crippen LogP contribution is -2.29. The number of benzene rings is 3. The van der Waals surface area contributed by atoms with E-state index in [1.807, 2.05) is 0 Å². The lowest BCUT2D eigenvalue weighted by atomic mass is 9.97. The maximum atomic E-state index is 2.32. The Labute approximate surface area is 130 Å². The van der Waals surface area contributed by atoms with Crippen molar-refractivity contribution in [1.82, 2.24) is 0 Å². The van der Waals surface area contributed by atoms with Gasteiger partial charge in [-0.15, -0.1) is 0 Å². The predicted molar refractivity (Wildman–Crippen MR) is 92.8 cm³/mol. The van der Waals surface area contributed by atoms with Crippen molar-refractivity contribution in [3.05, 3.63) is 78.5 Å². The molecule has 0 spiro atoms. The zero-order chi connectivity index (χ0) is 15.1. The van der Waals surface area contributed by atoms with Gasteiger partial charge >= 0.3 is 0 Å². The van der Waals surface area contributed by atoms with Gasteiger partial charge in [0, 0.05) is 16.3 Å².